The molecule has 1 aliphatic rings. The minimum absolute atomic E-state index is 0.0165. The number of Topliss-reactive ketones (excluding diaryl/α,β-unsaturated/α-hetero) is 1. The second kappa shape index (κ2) is 9.56. The Labute approximate surface area is 190 Å². The summed E-state index contributed by atoms with van der Waals surface area (Å²) in [5.74, 6) is -0.789. The number of aryl methyl sites for hydroxylation is 1. The number of nitrogens with zero attached hydrogens (tertiary/aromatic N) is 4. The van der Waals surface area contributed by atoms with Crippen LogP contribution in [-0.4, -0.2) is 57.0 Å². The van der Waals surface area contributed by atoms with Gasteiger partial charge >= 0.3 is 0 Å². The van der Waals surface area contributed by atoms with Gasteiger partial charge < -0.3 is 24.0 Å². The molecule has 0 spiro atoms. The van der Waals surface area contributed by atoms with Gasteiger partial charge in [-0.2, -0.15) is 0 Å². The number of ketones is 1. The van der Waals surface area contributed by atoms with E-state index >= 15 is 0 Å². The third-order valence-electron chi connectivity index (χ3n) is 5.57. The molecule has 2 aromatic heterocycles. The van der Waals surface area contributed by atoms with Gasteiger partial charge in [0.05, 0.1) is 32.2 Å². The fourth-order valence-corrected chi connectivity index (χ4v) is 3.98. The number of carbonyl (C=O) groups is 2. The van der Waals surface area contributed by atoms with E-state index in [1.165, 1.54) is 19.1 Å². The number of hydrogen-bond donors (Lipinski definition) is 1. The molecule has 4 rings (SSSR count). The third kappa shape index (κ3) is 4.30. The van der Waals surface area contributed by atoms with Crippen LogP contribution in [0.2, 0.25) is 0 Å². The molecule has 1 amide bonds. The molecule has 1 fully saturated rings. The largest absolute Gasteiger partial charge is 0.507 e. The van der Waals surface area contributed by atoms with E-state index in [0.29, 0.717) is 42.1 Å². The Bertz CT molecular complexity index is 1170. The molecule has 0 aliphatic carbocycles. The number of likely N-dealkylation sites (tertiary alicyclic amines) is 1. The molecule has 170 valence electrons. The summed E-state index contributed by atoms with van der Waals surface area (Å²) in [5, 5.41) is 11.2. The summed E-state index contributed by atoms with van der Waals surface area (Å²) in [6, 6.07) is 7.58. The number of aliphatic hydroxyl groups is 1. The topological polar surface area (TPSA) is 107 Å². The molecular formula is C24H24N4O5. The van der Waals surface area contributed by atoms with Crippen LogP contribution in [0.3, 0.4) is 0 Å². The number of imidazole rings is 1. The molecule has 3 aromatic rings. The third-order valence-corrected chi connectivity index (χ3v) is 5.57. The molecule has 0 unspecified atom stereocenters. The molecular weight excluding hydrogens is 424 g/mol. The van der Waals surface area contributed by atoms with E-state index in [9.17, 15) is 14.7 Å². The summed E-state index contributed by atoms with van der Waals surface area (Å²) < 4.78 is 12.5. The molecule has 1 saturated heterocycles. The Kier molecular flexibility index (Phi) is 6.39. The number of aromatic nitrogens is 3. The zero-order chi connectivity index (χ0) is 23.4. The molecule has 1 aromatic carbocycles. The van der Waals surface area contributed by atoms with E-state index < -0.39 is 17.7 Å². The molecule has 9 heteroatoms. The molecule has 33 heavy (non-hydrogen) atoms. The van der Waals surface area contributed by atoms with E-state index in [1.807, 2.05) is 10.8 Å². The molecule has 0 bridgehead atoms. The normalized spacial score (nSPS) is 17.4. The quantitative estimate of drug-likeness (QED) is 0.321. The van der Waals surface area contributed by atoms with Crippen molar-refractivity contribution in [1.82, 2.24) is 19.4 Å². The highest BCUT2D eigenvalue weighted by atomic mass is 16.5. The first-order chi connectivity index (χ1) is 16.0. The van der Waals surface area contributed by atoms with Gasteiger partial charge in [-0.15, -0.1) is 0 Å². The van der Waals surface area contributed by atoms with Crippen molar-refractivity contribution in [1.29, 1.82) is 0 Å². The first-order valence-corrected chi connectivity index (χ1v) is 10.4. The van der Waals surface area contributed by atoms with E-state index in [0.717, 1.165) is 0 Å². The lowest BCUT2D eigenvalue weighted by molar-refractivity contribution is -0.139. The monoisotopic (exact) mass is 448 g/mol. The molecule has 3 heterocycles. The zero-order valence-corrected chi connectivity index (χ0v) is 18.3. The number of pyridine rings is 1. The first kappa shape index (κ1) is 22.1. The predicted octanol–water partition coefficient (Wildman–Crippen LogP) is 2.81. The van der Waals surface area contributed by atoms with Gasteiger partial charge in [0.15, 0.2) is 11.5 Å². The lowest BCUT2D eigenvalue weighted by Crippen LogP contribution is -2.31. The SMILES string of the molecule is COc1ccc(C(O)=C2C(=O)C(=O)N(CCCn3ccnc3)[C@@H]2c2cccnc2)cc1OC. The van der Waals surface area contributed by atoms with Gasteiger partial charge in [0.25, 0.3) is 11.7 Å². The average Bonchev–Trinajstić information content (AvgIpc) is 3.46. The van der Waals surface area contributed by atoms with Crippen molar-refractivity contribution in [2.75, 3.05) is 20.8 Å². The molecule has 1 atom stereocenters. The number of methoxy groups -OCH3 is 2. The summed E-state index contributed by atoms with van der Waals surface area (Å²) in [4.78, 5) is 35.7. The van der Waals surface area contributed by atoms with Crippen molar-refractivity contribution in [3.05, 3.63) is 78.1 Å². The highest BCUT2D eigenvalue weighted by Crippen LogP contribution is 2.40. The van der Waals surface area contributed by atoms with Crippen LogP contribution in [0.15, 0.2) is 67.0 Å². The summed E-state index contributed by atoms with van der Waals surface area (Å²) >= 11 is 0. The van der Waals surface area contributed by atoms with Gasteiger partial charge in [-0.3, -0.25) is 14.6 Å². The minimum atomic E-state index is -0.755. The number of rotatable bonds is 8. The fraction of sp³-hybridized carbons (Fsp3) is 0.250. The summed E-state index contributed by atoms with van der Waals surface area (Å²) in [6.07, 6.45) is 9.04. The van der Waals surface area contributed by atoms with Crippen molar-refractivity contribution in [3.8, 4) is 11.5 Å². The van der Waals surface area contributed by atoms with Gasteiger partial charge in [0.2, 0.25) is 0 Å². The first-order valence-electron chi connectivity index (χ1n) is 10.4. The van der Waals surface area contributed by atoms with Crippen molar-refractivity contribution >= 4 is 17.4 Å². The highest BCUT2D eigenvalue weighted by molar-refractivity contribution is 6.46. The number of carbonyl (C=O) groups excluding carboxylic acids is 2. The van der Waals surface area contributed by atoms with Gasteiger partial charge in [-0.25, -0.2) is 4.98 Å². The van der Waals surface area contributed by atoms with Gasteiger partial charge in [-0.05, 0) is 36.2 Å². The summed E-state index contributed by atoms with van der Waals surface area (Å²) in [7, 11) is 2.99. The number of ether oxygens (including phenoxy) is 2. The predicted molar refractivity (Wildman–Crippen MR) is 120 cm³/mol. The van der Waals surface area contributed by atoms with Gasteiger partial charge in [0, 0.05) is 43.4 Å². The Morgan fingerprint density at radius 2 is 1.88 bits per heavy atom. The maximum atomic E-state index is 13.1. The van der Waals surface area contributed by atoms with Gasteiger partial charge in [-0.1, -0.05) is 6.07 Å². The van der Waals surface area contributed by atoms with Crippen molar-refractivity contribution in [2.24, 2.45) is 0 Å². The Hall–Kier alpha value is -4.14. The number of amides is 1. The van der Waals surface area contributed by atoms with Crippen LogP contribution < -0.4 is 9.47 Å². The van der Waals surface area contributed by atoms with E-state index in [4.69, 9.17) is 9.47 Å². The molecule has 1 aliphatic heterocycles. The second-order valence-corrected chi connectivity index (χ2v) is 7.50. The molecule has 0 saturated carbocycles. The fourth-order valence-electron chi connectivity index (χ4n) is 3.98. The average molecular weight is 448 g/mol. The standard InChI is InChI=1S/C24H24N4O5/c1-32-18-7-6-16(13-19(18)33-2)22(29)20-21(17-5-3-8-25-14-17)28(24(31)23(20)30)11-4-10-27-12-9-26-15-27/h3,5-9,12-15,21,29H,4,10-11H2,1-2H3/t21-/m1/s1. The maximum absolute atomic E-state index is 13.1. The summed E-state index contributed by atoms with van der Waals surface area (Å²) in [6.45, 7) is 0.962. The Balaban J connectivity index is 1.73. The molecule has 0 radical (unpaired) electrons. The van der Waals surface area contributed by atoms with Crippen molar-refractivity contribution in [2.45, 2.75) is 19.0 Å². The second-order valence-electron chi connectivity index (χ2n) is 7.50. The van der Waals surface area contributed by atoms with Crippen LogP contribution in [-0.2, 0) is 16.1 Å². The number of hydrogen-bond acceptors (Lipinski definition) is 7. The van der Waals surface area contributed by atoms with Crippen molar-refractivity contribution in [3.63, 3.8) is 0 Å². The summed E-state index contributed by atoms with van der Waals surface area (Å²) in [5.41, 5.74) is 1.00. The van der Waals surface area contributed by atoms with Gasteiger partial charge in [0.1, 0.15) is 5.76 Å². The minimum Gasteiger partial charge on any atom is -0.507 e. The lowest BCUT2D eigenvalue weighted by atomic mass is 9.96. The smallest absolute Gasteiger partial charge is 0.295 e. The van der Waals surface area contributed by atoms with Crippen LogP contribution in [0.1, 0.15) is 23.6 Å². The zero-order valence-electron chi connectivity index (χ0n) is 18.3. The maximum Gasteiger partial charge on any atom is 0.295 e. The molecule has 9 nitrogen and oxygen atoms in total. The van der Waals surface area contributed by atoms with E-state index in [1.54, 1.807) is 55.2 Å². The van der Waals surface area contributed by atoms with E-state index in [-0.39, 0.29) is 11.3 Å². The number of aliphatic hydroxyl groups excluding tert-OH is 1. The van der Waals surface area contributed by atoms with Crippen LogP contribution in [0.5, 0.6) is 11.5 Å². The Morgan fingerprint density at radius 1 is 1.06 bits per heavy atom. The van der Waals surface area contributed by atoms with Crippen LogP contribution >= 0.6 is 0 Å². The molecule has 1 N–H and O–H groups in total. The van der Waals surface area contributed by atoms with E-state index in [2.05, 4.69) is 9.97 Å². The van der Waals surface area contributed by atoms with Crippen LogP contribution in [0, 0.1) is 0 Å². The lowest BCUT2D eigenvalue weighted by Gasteiger charge is -2.25. The van der Waals surface area contributed by atoms with Crippen LogP contribution in [0.4, 0.5) is 0 Å². The van der Waals surface area contributed by atoms with Crippen LogP contribution in [0.25, 0.3) is 5.76 Å². The van der Waals surface area contributed by atoms with Crippen molar-refractivity contribution < 1.29 is 24.2 Å². The number of benzene rings is 1. The Morgan fingerprint density at radius 3 is 2.55 bits per heavy atom. The highest BCUT2D eigenvalue weighted by Gasteiger charge is 2.45.